The van der Waals surface area contributed by atoms with Crippen LogP contribution < -0.4 is 15.6 Å². The highest BCUT2D eigenvalue weighted by atomic mass is 32.2. The molecule has 2 amide bonds. The molecule has 2 aliphatic rings. The van der Waals surface area contributed by atoms with Gasteiger partial charge in [-0.2, -0.15) is 0 Å². The van der Waals surface area contributed by atoms with Gasteiger partial charge in [0.25, 0.3) is 11.8 Å². The van der Waals surface area contributed by atoms with E-state index in [-0.39, 0.29) is 28.8 Å². The van der Waals surface area contributed by atoms with E-state index >= 15 is 0 Å². The Labute approximate surface area is 221 Å². The second-order valence-corrected chi connectivity index (χ2v) is 10.5. The molecule has 1 saturated heterocycles. The van der Waals surface area contributed by atoms with Crippen LogP contribution in [0.2, 0.25) is 0 Å². The number of aromatic nitrogens is 4. The number of thioether (sulfide) groups is 1. The lowest BCUT2D eigenvalue weighted by molar-refractivity contribution is -0.689. The van der Waals surface area contributed by atoms with Gasteiger partial charge in [0.15, 0.2) is 29.8 Å². The SMILES string of the molecule is CO/N=C(\C(=O)N[C@@H]1C(=O)N2C(C(=O)O)=C(C[n+]3ccc(-c4csnn4)cc3)CS[C@H]12)c1csc(N)n1. The van der Waals surface area contributed by atoms with Crippen molar-refractivity contribution >= 4 is 63.3 Å². The minimum atomic E-state index is -1.20. The summed E-state index contributed by atoms with van der Waals surface area (Å²) in [5, 5.41) is 23.4. The summed E-state index contributed by atoms with van der Waals surface area (Å²) >= 11 is 3.76. The van der Waals surface area contributed by atoms with E-state index in [1.165, 1.54) is 35.3 Å². The second-order valence-electron chi connectivity index (χ2n) is 7.86. The van der Waals surface area contributed by atoms with E-state index in [9.17, 15) is 19.5 Å². The van der Waals surface area contributed by atoms with Crippen LogP contribution in [-0.2, 0) is 25.8 Å². The maximum absolute atomic E-state index is 13.0. The van der Waals surface area contributed by atoms with E-state index in [1.807, 2.05) is 34.5 Å². The lowest BCUT2D eigenvalue weighted by Crippen LogP contribution is -2.71. The molecule has 3 aromatic heterocycles. The maximum atomic E-state index is 13.0. The van der Waals surface area contributed by atoms with Crippen molar-refractivity contribution in [1.29, 1.82) is 0 Å². The summed E-state index contributed by atoms with van der Waals surface area (Å²) in [4.78, 5) is 48.1. The molecule has 13 nitrogen and oxygen atoms in total. The number of pyridine rings is 1. The van der Waals surface area contributed by atoms with Gasteiger partial charge in [0.2, 0.25) is 0 Å². The van der Waals surface area contributed by atoms with Crippen LogP contribution in [0.15, 0.2) is 51.7 Å². The minimum Gasteiger partial charge on any atom is -0.477 e. The molecule has 0 radical (unpaired) electrons. The van der Waals surface area contributed by atoms with Gasteiger partial charge in [0.1, 0.15) is 35.6 Å². The van der Waals surface area contributed by atoms with Gasteiger partial charge in [0, 0.05) is 39.8 Å². The van der Waals surface area contributed by atoms with Gasteiger partial charge in [0.05, 0.1) is 0 Å². The number of hydrogen-bond donors (Lipinski definition) is 3. The smallest absolute Gasteiger partial charge is 0.352 e. The number of nitrogens with zero attached hydrogens (tertiary/aromatic N) is 6. The summed E-state index contributed by atoms with van der Waals surface area (Å²) in [6.07, 6.45) is 3.64. The minimum absolute atomic E-state index is 0.0717. The summed E-state index contributed by atoms with van der Waals surface area (Å²) in [7, 11) is 1.28. The number of carboxylic acid groups (broad SMARTS) is 1. The Bertz CT molecular complexity index is 1420. The number of fused-ring (bicyclic) bond motifs is 1. The third-order valence-electron chi connectivity index (χ3n) is 5.62. The number of nitrogens with one attached hydrogen (secondary N) is 1. The first-order valence-electron chi connectivity index (χ1n) is 10.7. The highest BCUT2D eigenvalue weighted by Gasteiger charge is 2.54. The van der Waals surface area contributed by atoms with Crippen molar-refractivity contribution in [3.05, 3.63) is 52.3 Å². The molecule has 5 heterocycles. The van der Waals surface area contributed by atoms with Gasteiger partial charge >= 0.3 is 5.97 Å². The zero-order chi connectivity index (χ0) is 26.1. The number of thiazole rings is 1. The van der Waals surface area contributed by atoms with Crippen molar-refractivity contribution < 1.29 is 28.9 Å². The molecule has 37 heavy (non-hydrogen) atoms. The van der Waals surface area contributed by atoms with Crippen LogP contribution in [0.4, 0.5) is 5.13 Å². The van der Waals surface area contributed by atoms with E-state index in [4.69, 9.17) is 10.6 Å². The van der Waals surface area contributed by atoms with E-state index < -0.39 is 29.2 Å². The third-order valence-corrected chi connectivity index (χ3v) is 8.14. The quantitative estimate of drug-likeness (QED) is 0.151. The zero-order valence-electron chi connectivity index (χ0n) is 19.1. The first-order chi connectivity index (χ1) is 17.9. The van der Waals surface area contributed by atoms with Crippen LogP contribution in [0.3, 0.4) is 0 Å². The predicted molar refractivity (Wildman–Crippen MR) is 135 cm³/mol. The first-order valence-corrected chi connectivity index (χ1v) is 13.4. The number of nitrogens with two attached hydrogens (primary N) is 1. The largest absolute Gasteiger partial charge is 0.477 e. The molecule has 0 aliphatic carbocycles. The van der Waals surface area contributed by atoms with Crippen molar-refractivity contribution in [2.45, 2.75) is 18.0 Å². The summed E-state index contributed by atoms with van der Waals surface area (Å²) in [5.41, 5.74) is 7.89. The first kappa shape index (κ1) is 24.8. The summed E-state index contributed by atoms with van der Waals surface area (Å²) in [6, 6.07) is 2.81. The molecule has 16 heteroatoms. The second kappa shape index (κ2) is 10.2. The highest BCUT2D eigenvalue weighted by Crippen LogP contribution is 2.40. The highest BCUT2D eigenvalue weighted by molar-refractivity contribution is 8.00. The van der Waals surface area contributed by atoms with E-state index in [2.05, 4.69) is 25.0 Å². The number of nitrogen functional groups attached to an aromatic ring is 1. The van der Waals surface area contributed by atoms with Crippen LogP contribution in [0.25, 0.3) is 11.3 Å². The number of amides is 2. The van der Waals surface area contributed by atoms with Gasteiger partial charge in [-0.1, -0.05) is 9.64 Å². The Kier molecular flexibility index (Phi) is 6.86. The summed E-state index contributed by atoms with van der Waals surface area (Å²) in [5.74, 6) is -2.03. The lowest BCUT2D eigenvalue weighted by atomic mass is 10.0. The Morgan fingerprint density at radius 2 is 2.14 bits per heavy atom. The molecule has 4 N–H and O–H groups in total. The molecule has 0 unspecified atom stereocenters. The Morgan fingerprint density at radius 1 is 1.35 bits per heavy atom. The Hall–Kier alpha value is -3.89. The van der Waals surface area contributed by atoms with Crippen LogP contribution in [0.1, 0.15) is 5.69 Å². The van der Waals surface area contributed by atoms with Crippen molar-refractivity contribution in [2.75, 3.05) is 18.6 Å². The molecule has 5 rings (SSSR count). The van der Waals surface area contributed by atoms with Crippen LogP contribution in [0.5, 0.6) is 0 Å². The topological polar surface area (TPSA) is 177 Å². The van der Waals surface area contributed by atoms with E-state index in [1.54, 1.807) is 5.38 Å². The average molecular weight is 560 g/mol. The fraction of sp³-hybridized carbons (Fsp3) is 0.238. The van der Waals surface area contributed by atoms with E-state index in [0.29, 0.717) is 11.3 Å². The van der Waals surface area contributed by atoms with Gasteiger partial charge in [-0.3, -0.25) is 14.5 Å². The number of β-lactam (4-membered cyclic amide) rings is 1. The average Bonchev–Trinajstić information content (AvgIpc) is 3.58. The molecule has 2 aliphatic heterocycles. The molecule has 190 valence electrons. The molecular formula is C21H19N8O5S3+. The molecule has 0 spiro atoms. The van der Waals surface area contributed by atoms with Crippen molar-refractivity contribution in [1.82, 2.24) is 24.8 Å². The molecule has 0 bridgehead atoms. The number of aliphatic carboxylic acids is 1. The number of rotatable bonds is 8. The van der Waals surface area contributed by atoms with Crippen molar-refractivity contribution in [3.8, 4) is 11.3 Å². The van der Waals surface area contributed by atoms with Crippen LogP contribution >= 0.6 is 34.6 Å². The summed E-state index contributed by atoms with van der Waals surface area (Å²) in [6.45, 7) is 0.285. The van der Waals surface area contributed by atoms with Crippen LogP contribution in [-0.4, -0.2) is 72.4 Å². The normalized spacial score (nSPS) is 19.3. The zero-order valence-corrected chi connectivity index (χ0v) is 21.5. The number of oxime groups is 1. The van der Waals surface area contributed by atoms with E-state index in [0.717, 1.165) is 22.6 Å². The molecule has 3 aromatic rings. The fourth-order valence-corrected chi connectivity index (χ4v) is 6.30. The maximum Gasteiger partial charge on any atom is 0.352 e. The predicted octanol–water partition coefficient (Wildman–Crippen LogP) is 0.321. The van der Waals surface area contributed by atoms with Gasteiger partial charge < -0.3 is 21.0 Å². The lowest BCUT2D eigenvalue weighted by Gasteiger charge is -2.49. The standard InChI is InChI=1S/C21H18N8O5S3/c1-34-26-14(13-8-36-21(22)23-13)17(30)24-15-18(31)29-16(20(32)33)11(7-35-19(15)29)6-28-4-2-10(3-5-28)12-9-37-27-25-12/h2-5,8-9,15,19H,6-7H2,1H3,(H3-,22,23,24,30,32,33)/p+1/b26-14-/t15-,19-/m1/s1. The monoisotopic (exact) mass is 559 g/mol. The Balaban J connectivity index is 1.32. The van der Waals surface area contributed by atoms with Crippen molar-refractivity contribution in [2.24, 2.45) is 5.16 Å². The fourth-order valence-electron chi connectivity index (χ4n) is 3.95. The molecule has 0 aromatic carbocycles. The molecular weight excluding hydrogens is 540 g/mol. The number of hydrogen-bond acceptors (Lipinski definition) is 12. The van der Waals surface area contributed by atoms with Gasteiger partial charge in [-0.25, -0.2) is 14.3 Å². The van der Waals surface area contributed by atoms with Gasteiger partial charge in [-0.15, -0.1) is 28.2 Å². The van der Waals surface area contributed by atoms with Crippen LogP contribution in [0, 0.1) is 0 Å². The van der Waals surface area contributed by atoms with Crippen molar-refractivity contribution in [3.63, 3.8) is 0 Å². The third kappa shape index (κ3) is 4.77. The molecule has 0 saturated carbocycles. The molecule has 2 atom stereocenters. The number of carbonyl (C=O) groups excluding carboxylic acids is 2. The number of carboxylic acids is 1. The number of anilines is 1. The van der Waals surface area contributed by atoms with Gasteiger partial charge in [-0.05, 0) is 11.5 Å². The Morgan fingerprint density at radius 3 is 2.76 bits per heavy atom. The number of carbonyl (C=O) groups is 3. The molecule has 1 fully saturated rings. The summed E-state index contributed by atoms with van der Waals surface area (Å²) < 4.78 is 5.69.